The lowest BCUT2D eigenvalue weighted by atomic mass is 9.94. The Morgan fingerprint density at radius 1 is 0.510 bits per heavy atom. The van der Waals surface area contributed by atoms with Crippen LogP contribution in [0.25, 0.3) is 87.3 Å². The van der Waals surface area contributed by atoms with Gasteiger partial charge in [-0.3, -0.25) is 9.98 Å². The van der Waals surface area contributed by atoms with Crippen LogP contribution in [-0.2, 0) is 0 Å². The molecule has 0 saturated carbocycles. The number of fused-ring (bicyclic) bond motifs is 10. The van der Waals surface area contributed by atoms with Gasteiger partial charge in [-0.05, 0) is 76.6 Å². The molecule has 0 aliphatic rings. The van der Waals surface area contributed by atoms with Crippen LogP contribution < -0.4 is 0 Å². The molecule has 0 aliphatic heterocycles. The van der Waals surface area contributed by atoms with E-state index in [2.05, 4.69) is 128 Å². The molecule has 0 amide bonds. The Bertz CT molecular complexity index is 3030. The second-order valence-electron chi connectivity index (χ2n) is 12.6. The second-order valence-corrected chi connectivity index (χ2v) is 12.6. The van der Waals surface area contributed by atoms with Gasteiger partial charge in [0.25, 0.3) is 0 Å². The summed E-state index contributed by atoms with van der Waals surface area (Å²) in [6.45, 7) is 6.01. The zero-order valence-electron chi connectivity index (χ0n) is 26.7. The van der Waals surface area contributed by atoms with Gasteiger partial charge in [-0.25, -0.2) is 0 Å². The minimum atomic E-state index is 0.798. The quantitative estimate of drug-likeness (QED) is 0.144. The first kappa shape index (κ1) is 27.6. The summed E-state index contributed by atoms with van der Waals surface area (Å²) in [5.41, 5.74) is 9.11. The maximum absolute atomic E-state index is 6.62. The van der Waals surface area contributed by atoms with Gasteiger partial charge in [0.05, 0.1) is 11.4 Å². The molecule has 49 heavy (non-hydrogen) atoms. The Labute approximate surface area is 281 Å². The minimum absolute atomic E-state index is 0.798. The molecule has 0 bridgehead atoms. The fourth-order valence-corrected chi connectivity index (χ4v) is 7.58. The Kier molecular flexibility index (Phi) is 5.91. The smallest absolute Gasteiger partial charge is 0.144 e. The number of nitrogens with zero attached hydrogens (tertiary/aromatic N) is 2. The van der Waals surface area contributed by atoms with E-state index in [-0.39, 0.29) is 0 Å². The lowest BCUT2D eigenvalue weighted by Crippen LogP contribution is -1.95. The van der Waals surface area contributed by atoms with E-state index < -0.39 is 0 Å². The molecule has 10 aromatic rings. The van der Waals surface area contributed by atoms with Crippen molar-refractivity contribution in [2.75, 3.05) is 0 Å². The number of hydrogen-bond donors (Lipinski definition) is 0. The molecule has 4 nitrogen and oxygen atoms in total. The van der Waals surface area contributed by atoms with Gasteiger partial charge in [0.15, 0.2) is 0 Å². The number of hydrogen-bond acceptors (Lipinski definition) is 4. The molecule has 0 unspecified atom stereocenters. The van der Waals surface area contributed by atoms with Crippen molar-refractivity contribution in [3.8, 4) is 11.1 Å². The van der Waals surface area contributed by atoms with Crippen LogP contribution in [0.15, 0.2) is 158 Å². The summed E-state index contributed by atoms with van der Waals surface area (Å²) < 4.78 is 13.1. The summed E-state index contributed by atoms with van der Waals surface area (Å²) >= 11 is 0. The molecular weight excluding hydrogens is 601 g/mol. The first-order valence-corrected chi connectivity index (χ1v) is 16.4. The Balaban J connectivity index is 1.19. The van der Waals surface area contributed by atoms with Gasteiger partial charge in [0.2, 0.25) is 0 Å². The molecule has 2 aromatic heterocycles. The highest BCUT2D eigenvalue weighted by molar-refractivity contribution is 6.24. The summed E-state index contributed by atoms with van der Waals surface area (Å²) in [4.78, 5) is 9.75. The highest BCUT2D eigenvalue weighted by atomic mass is 16.3. The first-order valence-electron chi connectivity index (χ1n) is 16.4. The molecule has 0 aliphatic carbocycles. The molecule has 0 spiro atoms. The summed E-state index contributed by atoms with van der Waals surface area (Å²) in [5, 5.41) is 10.9. The lowest BCUT2D eigenvalue weighted by molar-refractivity contribution is 0.664. The van der Waals surface area contributed by atoms with Crippen molar-refractivity contribution in [2.24, 2.45) is 9.98 Å². The van der Waals surface area contributed by atoms with Crippen molar-refractivity contribution in [2.45, 2.75) is 6.92 Å². The molecule has 0 N–H and O–H groups in total. The molecule has 10 rings (SSSR count). The largest absolute Gasteiger partial charge is 0.456 e. The normalized spacial score (nSPS) is 12.4. The third-order valence-corrected chi connectivity index (χ3v) is 9.87. The predicted molar refractivity (Wildman–Crippen MR) is 206 cm³/mol. The molecule has 0 saturated heterocycles. The van der Waals surface area contributed by atoms with E-state index in [1.165, 1.54) is 0 Å². The number of aliphatic imine (C=N–C) groups is 2. The fraction of sp³-hybridized carbons (Fsp3) is 0.0222. The molecule has 2 heterocycles. The van der Waals surface area contributed by atoms with Gasteiger partial charge in [-0.1, -0.05) is 109 Å². The Morgan fingerprint density at radius 3 is 1.86 bits per heavy atom. The highest BCUT2D eigenvalue weighted by Gasteiger charge is 2.21. The number of rotatable bonds is 4. The van der Waals surface area contributed by atoms with E-state index in [1.54, 1.807) is 0 Å². The Hall–Kier alpha value is -6.52. The van der Waals surface area contributed by atoms with Crippen LogP contribution in [0.1, 0.15) is 12.5 Å². The van der Waals surface area contributed by atoms with E-state index in [0.717, 1.165) is 110 Å². The third kappa shape index (κ3) is 4.11. The van der Waals surface area contributed by atoms with Gasteiger partial charge in [0, 0.05) is 43.6 Å². The second kappa shape index (κ2) is 10.5. The molecule has 4 heteroatoms. The lowest BCUT2D eigenvalue weighted by Gasteiger charge is -2.13. The molecule has 0 radical (unpaired) electrons. The molecule has 0 atom stereocenters. The van der Waals surface area contributed by atoms with Gasteiger partial charge < -0.3 is 8.83 Å². The van der Waals surface area contributed by atoms with Gasteiger partial charge in [-0.2, -0.15) is 0 Å². The van der Waals surface area contributed by atoms with Crippen molar-refractivity contribution in [1.82, 2.24) is 0 Å². The summed E-state index contributed by atoms with van der Waals surface area (Å²) in [7, 11) is 0. The van der Waals surface area contributed by atoms with Crippen molar-refractivity contribution < 1.29 is 8.83 Å². The fourth-order valence-electron chi connectivity index (χ4n) is 7.58. The van der Waals surface area contributed by atoms with Crippen LogP contribution in [0, 0.1) is 0 Å². The van der Waals surface area contributed by atoms with Crippen LogP contribution in [0.4, 0.5) is 11.4 Å². The average molecular weight is 629 g/mol. The highest BCUT2D eigenvalue weighted by Crippen LogP contribution is 2.46. The van der Waals surface area contributed by atoms with Crippen LogP contribution in [0.2, 0.25) is 0 Å². The SMILES string of the molecule is C=Nc1c(/N=C(\C)c2ccc3ccc(-c4c5oc6ccccc6c5cc5oc6ccccc6c45)cc3c2)c2ccccc2c2ccccc12. The van der Waals surface area contributed by atoms with E-state index in [0.29, 0.717) is 0 Å². The first-order chi connectivity index (χ1) is 24.2. The number of para-hydroxylation sites is 2. The Morgan fingerprint density at radius 2 is 1.12 bits per heavy atom. The average Bonchev–Trinajstić information content (AvgIpc) is 3.71. The van der Waals surface area contributed by atoms with Crippen LogP contribution in [0.3, 0.4) is 0 Å². The van der Waals surface area contributed by atoms with E-state index in [4.69, 9.17) is 13.8 Å². The van der Waals surface area contributed by atoms with Crippen LogP contribution in [0.5, 0.6) is 0 Å². The topological polar surface area (TPSA) is 51.0 Å². The summed E-state index contributed by atoms with van der Waals surface area (Å²) in [5.74, 6) is 0. The predicted octanol–water partition coefficient (Wildman–Crippen LogP) is 13.1. The molecule has 0 fully saturated rings. The van der Waals surface area contributed by atoms with E-state index in [9.17, 15) is 0 Å². The standard InChI is InChI=1S/C45H28N2O2/c1-26(47-44-35-15-6-4-12-32(35)31-11-3-5-14-34(31)43(44)46-2)28-21-19-27-20-22-29(24-30(27)23-28)41-42-36-16-8-10-18-39(36)48-40(42)25-37-33-13-7-9-17-38(33)49-45(37)41/h3-25H,2H2,1H3/b47-26+. The third-order valence-electron chi connectivity index (χ3n) is 9.87. The van der Waals surface area contributed by atoms with E-state index >= 15 is 0 Å². The van der Waals surface area contributed by atoms with Crippen LogP contribution >= 0.6 is 0 Å². The molecule has 230 valence electrons. The number of benzene rings is 8. The van der Waals surface area contributed by atoms with E-state index in [1.807, 2.05) is 30.3 Å². The number of furan rings is 2. The maximum Gasteiger partial charge on any atom is 0.144 e. The maximum atomic E-state index is 6.62. The van der Waals surface area contributed by atoms with Crippen LogP contribution in [-0.4, -0.2) is 12.4 Å². The minimum Gasteiger partial charge on any atom is -0.456 e. The molecular formula is C45H28N2O2. The monoisotopic (exact) mass is 628 g/mol. The van der Waals surface area contributed by atoms with Crippen molar-refractivity contribution in [3.05, 3.63) is 145 Å². The zero-order valence-corrected chi connectivity index (χ0v) is 26.7. The summed E-state index contributed by atoms with van der Waals surface area (Å²) in [6.07, 6.45) is 0. The van der Waals surface area contributed by atoms with Gasteiger partial charge >= 0.3 is 0 Å². The van der Waals surface area contributed by atoms with Crippen molar-refractivity contribution in [1.29, 1.82) is 0 Å². The summed E-state index contributed by atoms with van der Waals surface area (Å²) in [6, 6.07) is 48.5. The van der Waals surface area contributed by atoms with Crippen molar-refractivity contribution in [3.63, 3.8) is 0 Å². The zero-order chi connectivity index (χ0) is 32.6. The van der Waals surface area contributed by atoms with Crippen molar-refractivity contribution >= 4 is 100.0 Å². The molecule has 8 aromatic carbocycles. The van der Waals surface area contributed by atoms with Gasteiger partial charge in [0.1, 0.15) is 22.3 Å². The van der Waals surface area contributed by atoms with Gasteiger partial charge in [-0.15, -0.1) is 0 Å².